The molecule has 1 saturated carbocycles. The van der Waals surface area contributed by atoms with Gasteiger partial charge in [-0.05, 0) is 23.5 Å². The number of alkyl halides is 1. The summed E-state index contributed by atoms with van der Waals surface area (Å²) in [6.45, 7) is 3.25. The van der Waals surface area contributed by atoms with Crippen molar-refractivity contribution in [2.45, 2.75) is 24.3 Å². The van der Waals surface area contributed by atoms with Gasteiger partial charge in [0.1, 0.15) is 0 Å². The monoisotopic (exact) mass is 329 g/mol. The lowest BCUT2D eigenvalue weighted by Crippen LogP contribution is -2.25. The zero-order chi connectivity index (χ0) is 13.8. The van der Waals surface area contributed by atoms with Crippen molar-refractivity contribution in [3.05, 3.63) is 71.8 Å². The quantitative estimate of drug-likeness (QED) is 0.706. The van der Waals surface area contributed by atoms with E-state index in [0.29, 0.717) is 0 Å². The van der Waals surface area contributed by atoms with Gasteiger partial charge in [-0.2, -0.15) is 0 Å². The van der Waals surface area contributed by atoms with Crippen LogP contribution < -0.4 is 0 Å². The molecule has 1 aliphatic carbocycles. The van der Waals surface area contributed by atoms with Crippen molar-refractivity contribution in [2.75, 3.05) is 6.54 Å². The zero-order valence-corrected chi connectivity index (χ0v) is 13.2. The number of nitrogens with zero attached hydrogens (tertiary/aromatic N) is 1. The van der Waals surface area contributed by atoms with Crippen molar-refractivity contribution < 1.29 is 0 Å². The van der Waals surface area contributed by atoms with Crippen LogP contribution in [0.2, 0.25) is 0 Å². The van der Waals surface area contributed by atoms with Crippen molar-refractivity contribution in [3.63, 3.8) is 0 Å². The highest BCUT2D eigenvalue weighted by atomic mass is 79.9. The van der Waals surface area contributed by atoms with Crippen LogP contribution in [0, 0.1) is 5.92 Å². The number of hydrogen-bond donors (Lipinski definition) is 0. The molecular weight excluding hydrogens is 310 g/mol. The first-order valence-corrected chi connectivity index (χ1v) is 8.17. The summed E-state index contributed by atoms with van der Waals surface area (Å²) < 4.78 is 0. The maximum atomic E-state index is 3.72. The van der Waals surface area contributed by atoms with Gasteiger partial charge in [0.05, 0.1) is 0 Å². The summed E-state index contributed by atoms with van der Waals surface area (Å²) in [6, 6.07) is 21.5. The Balaban J connectivity index is 1.67. The number of benzene rings is 2. The molecule has 1 fully saturated rings. The second-order valence-electron chi connectivity index (χ2n) is 5.65. The molecule has 3 rings (SSSR count). The molecule has 0 heterocycles. The first-order chi connectivity index (χ1) is 9.81. The van der Waals surface area contributed by atoms with E-state index in [1.807, 2.05) is 0 Å². The minimum atomic E-state index is 0.733. The van der Waals surface area contributed by atoms with E-state index >= 15 is 0 Å². The van der Waals surface area contributed by atoms with Crippen LogP contribution in [0.15, 0.2) is 60.7 Å². The van der Waals surface area contributed by atoms with Crippen LogP contribution in [0.1, 0.15) is 17.5 Å². The van der Waals surface area contributed by atoms with E-state index in [4.69, 9.17) is 0 Å². The van der Waals surface area contributed by atoms with Crippen molar-refractivity contribution in [2.24, 2.45) is 5.92 Å². The van der Waals surface area contributed by atoms with Crippen molar-refractivity contribution in [1.29, 1.82) is 0 Å². The Morgan fingerprint density at radius 2 is 1.30 bits per heavy atom. The largest absolute Gasteiger partial charge is 0.295 e. The van der Waals surface area contributed by atoms with Crippen LogP contribution in [0.4, 0.5) is 0 Å². The van der Waals surface area contributed by atoms with Crippen LogP contribution >= 0.6 is 15.9 Å². The fourth-order valence-electron chi connectivity index (χ4n) is 2.60. The van der Waals surface area contributed by atoms with Gasteiger partial charge in [-0.3, -0.25) is 4.90 Å². The molecule has 2 heteroatoms. The Morgan fingerprint density at radius 3 is 1.70 bits per heavy atom. The first-order valence-electron chi connectivity index (χ1n) is 7.25. The summed E-state index contributed by atoms with van der Waals surface area (Å²) >= 11 is 3.72. The molecule has 0 N–H and O–H groups in total. The lowest BCUT2D eigenvalue weighted by molar-refractivity contribution is 0.246. The predicted octanol–water partition coefficient (Wildman–Crippen LogP) is 4.47. The van der Waals surface area contributed by atoms with E-state index in [-0.39, 0.29) is 0 Å². The molecule has 0 saturated heterocycles. The van der Waals surface area contributed by atoms with Crippen LogP contribution in [0.25, 0.3) is 0 Å². The standard InChI is InChI=1S/C18H20BrN/c19-18-11-17(18)14-20(12-15-7-3-1-4-8-15)13-16-9-5-2-6-10-16/h1-10,17-18H,11-14H2/t17-,18+/m0/s1. The van der Waals surface area contributed by atoms with Crippen molar-refractivity contribution >= 4 is 15.9 Å². The van der Waals surface area contributed by atoms with Gasteiger partial charge in [-0.1, -0.05) is 76.6 Å². The van der Waals surface area contributed by atoms with Gasteiger partial charge in [0.15, 0.2) is 0 Å². The molecule has 0 radical (unpaired) electrons. The van der Waals surface area contributed by atoms with E-state index < -0.39 is 0 Å². The maximum Gasteiger partial charge on any atom is 0.0237 e. The van der Waals surface area contributed by atoms with E-state index in [1.165, 1.54) is 24.1 Å². The first kappa shape index (κ1) is 13.8. The van der Waals surface area contributed by atoms with Crippen LogP contribution in [0.5, 0.6) is 0 Å². The number of halogens is 1. The third-order valence-electron chi connectivity index (χ3n) is 3.83. The zero-order valence-electron chi connectivity index (χ0n) is 11.6. The SMILES string of the molecule is Br[C@@H]1C[C@H]1CN(Cc1ccccc1)Cc1ccccc1. The highest BCUT2D eigenvalue weighted by Gasteiger charge is 2.35. The molecule has 1 nitrogen and oxygen atoms in total. The fourth-order valence-corrected chi connectivity index (χ4v) is 3.25. The molecule has 0 spiro atoms. The van der Waals surface area contributed by atoms with Gasteiger partial charge in [0, 0.05) is 24.5 Å². The topological polar surface area (TPSA) is 3.24 Å². The van der Waals surface area contributed by atoms with Gasteiger partial charge in [-0.25, -0.2) is 0 Å². The smallest absolute Gasteiger partial charge is 0.0237 e. The highest BCUT2D eigenvalue weighted by Crippen LogP contribution is 2.38. The van der Waals surface area contributed by atoms with E-state index in [1.54, 1.807) is 0 Å². The fraction of sp³-hybridized carbons (Fsp3) is 0.333. The minimum Gasteiger partial charge on any atom is -0.295 e. The average molecular weight is 330 g/mol. The molecule has 2 aromatic rings. The van der Waals surface area contributed by atoms with Gasteiger partial charge in [0.25, 0.3) is 0 Å². The van der Waals surface area contributed by atoms with Gasteiger partial charge in [-0.15, -0.1) is 0 Å². The molecule has 0 aromatic heterocycles. The Bertz CT molecular complexity index is 484. The predicted molar refractivity (Wildman–Crippen MR) is 87.8 cm³/mol. The Morgan fingerprint density at radius 1 is 0.850 bits per heavy atom. The van der Waals surface area contributed by atoms with Crippen LogP contribution in [-0.2, 0) is 13.1 Å². The van der Waals surface area contributed by atoms with Gasteiger partial charge >= 0.3 is 0 Å². The third kappa shape index (κ3) is 3.94. The summed E-state index contributed by atoms with van der Waals surface area (Å²) in [5.74, 6) is 0.822. The Kier molecular flexibility index (Phi) is 4.54. The summed E-state index contributed by atoms with van der Waals surface area (Å²) in [5.41, 5.74) is 2.80. The number of rotatable bonds is 6. The van der Waals surface area contributed by atoms with Crippen LogP contribution in [-0.4, -0.2) is 16.3 Å². The minimum absolute atomic E-state index is 0.733. The molecule has 2 aromatic carbocycles. The maximum absolute atomic E-state index is 3.72. The molecule has 0 aliphatic heterocycles. The third-order valence-corrected chi connectivity index (χ3v) is 4.95. The van der Waals surface area contributed by atoms with Gasteiger partial charge in [0.2, 0.25) is 0 Å². The molecular formula is C18H20BrN. The molecule has 1 aliphatic rings. The molecule has 104 valence electrons. The van der Waals surface area contributed by atoms with Crippen LogP contribution in [0.3, 0.4) is 0 Å². The molecule has 2 atom stereocenters. The van der Waals surface area contributed by atoms with Gasteiger partial charge < -0.3 is 0 Å². The summed E-state index contributed by atoms with van der Waals surface area (Å²) in [4.78, 5) is 3.30. The van der Waals surface area contributed by atoms with E-state index in [2.05, 4.69) is 81.5 Å². The second-order valence-corrected chi connectivity index (χ2v) is 6.83. The summed E-state index contributed by atoms with van der Waals surface area (Å²) in [5, 5.41) is 0. The summed E-state index contributed by atoms with van der Waals surface area (Å²) in [7, 11) is 0. The second kappa shape index (κ2) is 6.55. The summed E-state index contributed by atoms with van der Waals surface area (Å²) in [6.07, 6.45) is 1.32. The van der Waals surface area contributed by atoms with Crippen molar-refractivity contribution in [3.8, 4) is 0 Å². The average Bonchev–Trinajstić information content (AvgIpc) is 3.16. The van der Waals surface area contributed by atoms with Crippen molar-refractivity contribution in [1.82, 2.24) is 4.90 Å². The molecule has 0 bridgehead atoms. The number of hydrogen-bond acceptors (Lipinski definition) is 1. The lowest BCUT2D eigenvalue weighted by atomic mass is 10.1. The Hall–Kier alpha value is -1.12. The lowest BCUT2D eigenvalue weighted by Gasteiger charge is -2.22. The normalized spacial score (nSPS) is 21.1. The highest BCUT2D eigenvalue weighted by molar-refractivity contribution is 9.09. The molecule has 0 amide bonds. The Labute approximate surface area is 129 Å². The molecule has 0 unspecified atom stereocenters. The van der Waals surface area contributed by atoms with E-state index in [0.717, 1.165) is 23.8 Å². The van der Waals surface area contributed by atoms with E-state index in [9.17, 15) is 0 Å². The molecule has 20 heavy (non-hydrogen) atoms.